The maximum Gasteiger partial charge on any atom is 0.337 e. The van der Waals surface area contributed by atoms with Gasteiger partial charge in [0.25, 0.3) is 0 Å². The van der Waals surface area contributed by atoms with E-state index in [9.17, 15) is 9.59 Å². The molecule has 0 aliphatic carbocycles. The van der Waals surface area contributed by atoms with Crippen LogP contribution in [-0.2, 0) is 4.74 Å². The molecule has 2 atom stereocenters. The van der Waals surface area contributed by atoms with Crippen LogP contribution < -0.4 is 15.0 Å². The number of methoxy groups -OCH3 is 1. The number of hydrogen-bond acceptors (Lipinski definition) is 4. The molecule has 2 aromatic carbocycles. The van der Waals surface area contributed by atoms with Crippen LogP contribution >= 0.6 is 15.9 Å². The Morgan fingerprint density at radius 3 is 2.88 bits per heavy atom. The molecule has 0 aromatic heterocycles. The van der Waals surface area contributed by atoms with Gasteiger partial charge in [0.2, 0.25) is 0 Å². The highest BCUT2D eigenvalue weighted by atomic mass is 79.9. The Balaban J connectivity index is 1.76. The summed E-state index contributed by atoms with van der Waals surface area (Å²) in [7, 11) is 1.34. The topological polar surface area (TPSA) is 67.9 Å². The van der Waals surface area contributed by atoms with Gasteiger partial charge in [0, 0.05) is 16.5 Å². The summed E-state index contributed by atoms with van der Waals surface area (Å²) in [5, 5.41) is 3.02. The van der Waals surface area contributed by atoms with Gasteiger partial charge in [-0.1, -0.05) is 22.0 Å². The molecule has 1 N–H and O–H groups in total. The van der Waals surface area contributed by atoms with Gasteiger partial charge in [-0.2, -0.15) is 0 Å². The molecule has 6 nitrogen and oxygen atoms in total. The number of amides is 2. The summed E-state index contributed by atoms with van der Waals surface area (Å²) in [5.41, 5.74) is 1.13. The third kappa shape index (κ3) is 2.63. The van der Waals surface area contributed by atoms with Crippen LogP contribution in [0.25, 0.3) is 0 Å². The molecule has 2 heterocycles. The zero-order chi connectivity index (χ0) is 18.5. The van der Waals surface area contributed by atoms with Crippen molar-refractivity contribution in [2.24, 2.45) is 0 Å². The Morgan fingerprint density at radius 2 is 2.15 bits per heavy atom. The molecule has 0 spiro atoms. The van der Waals surface area contributed by atoms with E-state index in [-0.39, 0.29) is 12.1 Å². The number of benzene rings is 2. The van der Waals surface area contributed by atoms with Crippen molar-refractivity contribution >= 4 is 33.6 Å². The highest BCUT2D eigenvalue weighted by molar-refractivity contribution is 9.10. The minimum atomic E-state index is -0.826. The van der Waals surface area contributed by atoms with E-state index in [1.807, 2.05) is 31.2 Å². The second-order valence-electron chi connectivity index (χ2n) is 6.54. The molecule has 2 aliphatic rings. The van der Waals surface area contributed by atoms with E-state index in [0.717, 1.165) is 15.7 Å². The van der Waals surface area contributed by atoms with Crippen molar-refractivity contribution in [2.45, 2.75) is 25.1 Å². The minimum absolute atomic E-state index is 0.232. The quantitative estimate of drug-likeness (QED) is 0.751. The number of carbonyl (C=O) groups is 2. The van der Waals surface area contributed by atoms with Crippen molar-refractivity contribution in [3.8, 4) is 5.75 Å². The number of hydrogen-bond donors (Lipinski definition) is 1. The fraction of sp³-hybridized carbons (Fsp3) is 0.263. The Labute approximate surface area is 159 Å². The zero-order valence-corrected chi connectivity index (χ0v) is 15.9. The normalized spacial score (nSPS) is 23.6. The smallest absolute Gasteiger partial charge is 0.337 e. The number of anilines is 1. The number of nitrogens with zero attached hydrogens (tertiary/aromatic N) is 1. The van der Waals surface area contributed by atoms with Gasteiger partial charge in [0.15, 0.2) is 5.72 Å². The summed E-state index contributed by atoms with van der Waals surface area (Å²) in [4.78, 5) is 26.3. The molecule has 2 aliphatic heterocycles. The lowest BCUT2D eigenvalue weighted by Crippen LogP contribution is -2.65. The predicted octanol–water partition coefficient (Wildman–Crippen LogP) is 4.01. The van der Waals surface area contributed by atoms with Crippen molar-refractivity contribution in [1.82, 2.24) is 5.32 Å². The SMILES string of the molecule is COC(=O)c1ccc2c(c1)[C@@H]1C[C@](C)(O2)N(c2cccc(Br)c2)C(=O)N1. The lowest BCUT2D eigenvalue weighted by molar-refractivity contribution is 0.0377. The molecule has 0 radical (unpaired) electrons. The van der Waals surface area contributed by atoms with E-state index in [1.54, 1.807) is 23.1 Å². The van der Waals surface area contributed by atoms with Gasteiger partial charge in [0.05, 0.1) is 24.4 Å². The molecule has 26 heavy (non-hydrogen) atoms. The number of ether oxygens (including phenoxy) is 2. The summed E-state index contributed by atoms with van der Waals surface area (Å²) in [6.07, 6.45) is 0.558. The van der Waals surface area contributed by atoms with Gasteiger partial charge in [-0.15, -0.1) is 0 Å². The fourth-order valence-electron chi connectivity index (χ4n) is 3.63. The molecule has 2 aromatic rings. The maximum atomic E-state index is 12.8. The molecule has 2 amide bonds. The Bertz CT molecular complexity index is 916. The average Bonchev–Trinajstić information content (AvgIpc) is 2.60. The molecule has 1 fully saturated rings. The number of nitrogens with one attached hydrogen (secondary N) is 1. The summed E-state index contributed by atoms with van der Waals surface area (Å²) in [6.45, 7) is 1.90. The highest BCUT2D eigenvalue weighted by Gasteiger charge is 2.50. The van der Waals surface area contributed by atoms with Crippen molar-refractivity contribution in [3.05, 3.63) is 58.1 Å². The largest absolute Gasteiger partial charge is 0.467 e. The van der Waals surface area contributed by atoms with Gasteiger partial charge in [-0.3, -0.25) is 4.90 Å². The predicted molar refractivity (Wildman–Crippen MR) is 99.3 cm³/mol. The molecule has 2 bridgehead atoms. The first-order valence-corrected chi connectivity index (χ1v) is 8.98. The van der Waals surface area contributed by atoms with Crippen LogP contribution in [0, 0.1) is 0 Å². The molecule has 0 saturated carbocycles. The standard InChI is InChI=1S/C19H17BrN2O4/c1-19-10-15(14-8-11(17(23)25-2)6-7-16(14)26-19)21-18(24)22(19)13-5-3-4-12(20)9-13/h3-9,15H,10H2,1-2H3,(H,21,24)/t15-,19-/m0/s1. The van der Waals surface area contributed by atoms with Crippen LogP contribution in [0.5, 0.6) is 5.75 Å². The summed E-state index contributed by atoms with van der Waals surface area (Å²) >= 11 is 3.45. The maximum absolute atomic E-state index is 12.8. The van der Waals surface area contributed by atoms with E-state index in [4.69, 9.17) is 9.47 Å². The van der Waals surface area contributed by atoms with Gasteiger partial charge < -0.3 is 14.8 Å². The summed E-state index contributed by atoms with van der Waals surface area (Å²) in [5.74, 6) is 0.232. The summed E-state index contributed by atoms with van der Waals surface area (Å²) in [6, 6.07) is 12.2. The van der Waals surface area contributed by atoms with Crippen LogP contribution in [0.2, 0.25) is 0 Å². The van der Waals surface area contributed by atoms with E-state index in [0.29, 0.717) is 17.7 Å². The third-order valence-electron chi connectivity index (χ3n) is 4.76. The number of rotatable bonds is 2. The minimum Gasteiger partial charge on any atom is -0.467 e. The molecule has 134 valence electrons. The van der Waals surface area contributed by atoms with Gasteiger partial charge in [0.1, 0.15) is 5.75 Å². The molecular weight excluding hydrogens is 400 g/mol. The Morgan fingerprint density at radius 1 is 1.35 bits per heavy atom. The number of esters is 1. The van der Waals surface area contributed by atoms with E-state index in [1.165, 1.54) is 7.11 Å². The van der Waals surface area contributed by atoms with Crippen LogP contribution in [0.1, 0.15) is 35.3 Å². The monoisotopic (exact) mass is 416 g/mol. The number of fused-ring (bicyclic) bond motifs is 4. The van der Waals surface area contributed by atoms with Crippen LogP contribution in [0.15, 0.2) is 46.9 Å². The third-order valence-corrected chi connectivity index (χ3v) is 5.25. The van der Waals surface area contributed by atoms with Crippen molar-refractivity contribution in [3.63, 3.8) is 0 Å². The second kappa shape index (κ2) is 6.02. The molecule has 7 heteroatoms. The van der Waals surface area contributed by atoms with Gasteiger partial charge >= 0.3 is 12.0 Å². The Kier molecular flexibility index (Phi) is 3.91. The fourth-order valence-corrected chi connectivity index (χ4v) is 4.01. The lowest BCUT2D eigenvalue weighted by Gasteiger charge is -2.50. The van der Waals surface area contributed by atoms with Crippen LogP contribution in [0.4, 0.5) is 10.5 Å². The molecule has 0 unspecified atom stereocenters. The van der Waals surface area contributed by atoms with Gasteiger partial charge in [-0.25, -0.2) is 9.59 Å². The highest BCUT2D eigenvalue weighted by Crippen LogP contribution is 2.46. The first-order chi connectivity index (χ1) is 12.4. The average molecular weight is 417 g/mol. The zero-order valence-electron chi connectivity index (χ0n) is 14.3. The summed E-state index contributed by atoms with van der Waals surface area (Å²) < 4.78 is 11.9. The molecular formula is C19H17BrN2O4. The van der Waals surface area contributed by atoms with Crippen molar-refractivity contribution in [1.29, 1.82) is 0 Å². The number of urea groups is 1. The van der Waals surface area contributed by atoms with E-state index in [2.05, 4.69) is 21.2 Å². The van der Waals surface area contributed by atoms with E-state index < -0.39 is 11.7 Å². The lowest BCUT2D eigenvalue weighted by atomic mass is 9.89. The van der Waals surface area contributed by atoms with Crippen LogP contribution in [-0.4, -0.2) is 24.8 Å². The van der Waals surface area contributed by atoms with E-state index >= 15 is 0 Å². The number of halogens is 1. The molecule has 1 saturated heterocycles. The van der Waals surface area contributed by atoms with Crippen LogP contribution in [0.3, 0.4) is 0 Å². The first-order valence-electron chi connectivity index (χ1n) is 8.19. The van der Waals surface area contributed by atoms with Crippen molar-refractivity contribution in [2.75, 3.05) is 12.0 Å². The first kappa shape index (κ1) is 16.9. The Hall–Kier alpha value is -2.54. The second-order valence-corrected chi connectivity index (χ2v) is 7.46. The van der Waals surface area contributed by atoms with Crippen molar-refractivity contribution < 1.29 is 19.1 Å². The number of carbonyl (C=O) groups excluding carboxylic acids is 2. The van der Waals surface area contributed by atoms with Gasteiger partial charge in [-0.05, 0) is 43.3 Å². The molecule has 4 rings (SSSR count).